The minimum atomic E-state index is 0.125. The molecule has 0 spiro atoms. The number of carbonyl (C=O) groups excluding carboxylic acids is 1. The fourth-order valence-corrected chi connectivity index (χ4v) is 3.70. The topological polar surface area (TPSA) is 51.0 Å². The van der Waals surface area contributed by atoms with Crippen LogP contribution in [0.5, 0.6) is 0 Å². The van der Waals surface area contributed by atoms with Gasteiger partial charge in [-0.3, -0.25) is 4.79 Å². The molecular weight excluding hydrogens is 372 g/mol. The Balaban J connectivity index is 1.61. The monoisotopic (exact) mass is 402 g/mol. The highest BCUT2D eigenvalue weighted by Crippen LogP contribution is 2.33. The number of carbonyl (C=O) groups is 1. The first-order valence-electron chi connectivity index (χ1n) is 11.1. The molecule has 2 heterocycles. The second-order valence-electron chi connectivity index (χ2n) is 8.11. The van der Waals surface area contributed by atoms with Crippen molar-refractivity contribution in [2.24, 2.45) is 5.92 Å². The summed E-state index contributed by atoms with van der Waals surface area (Å²) in [6.07, 6.45) is 10.4. The Kier molecular flexibility index (Phi) is 6.26. The summed E-state index contributed by atoms with van der Waals surface area (Å²) in [5, 5.41) is 0. The lowest BCUT2D eigenvalue weighted by atomic mass is 10.1. The van der Waals surface area contributed by atoms with Gasteiger partial charge in [-0.2, -0.15) is 0 Å². The number of benzene rings is 1. The number of nitrogens with zero attached hydrogens (tertiary/aromatic N) is 4. The van der Waals surface area contributed by atoms with Crippen LogP contribution in [0.3, 0.4) is 0 Å². The summed E-state index contributed by atoms with van der Waals surface area (Å²) >= 11 is 0. The van der Waals surface area contributed by atoms with Crippen molar-refractivity contribution in [2.75, 3.05) is 13.1 Å². The molecular formula is C25H30N4O. The van der Waals surface area contributed by atoms with E-state index in [2.05, 4.69) is 34.6 Å². The number of unbranched alkanes of at least 4 members (excludes halogenated alkanes) is 1. The van der Waals surface area contributed by atoms with Gasteiger partial charge in [0.2, 0.25) is 0 Å². The summed E-state index contributed by atoms with van der Waals surface area (Å²) in [5.41, 5.74) is 3.72. The Morgan fingerprint density at radius 2 is 1.80 bits per heavy atom. The largest absolute Gasteiger partial charge is 0.343 e. The Hall–Kier alpha value is -2.95. The van der Waals surface area contributed by atoms with Gasteiger partial charge in [0.1, 0.15) is 5.69 Å². The average Bonchev–Trinajstić information content (AvgIpc) is 3.51. The van der Waals surface area contributed by atoms with E-state index in [1.807, 2.05) is 53.7 Å². The molecule has 0 N–H and O–H groups in total. The van der Waals surface area contributed by atoms with E-state index in [1.54, 1.807) is 0 Å². The number of rotatable bonds is 9. The highest BCUT2D eigenvalue weighted by atomic mass is 16.2. The fourth-order valence-electron chi connectivity index (χ4n) is 3.70. The standard InChI is InChI=1S/C25H30N4O/c1-3-5-13-28(4-2)25(30)23-14-21(18-29(23)17-19-11-12-19)22-15-26-24(27-16-22)20-9-7-6-8-10-20/h6-10,14-16,18-19H,3-5,11-13,17H2,1-2H3. The zero-order valence-electron chi connectivity index (χ0n) is 17.9. The molecule has 1 aliphatic rings. The van der Waals surface area contributed by atoms with Crippen molar-refractivity contribution in [1.82, 2.24) is 19.4 Å². The van der Waals surface area contributed by atoms with Crippen LogP contribution in [-0.2, 0) is 6.54 Å². The third-order valence-corrected chi connectivity index (χ3v) is 5.74. The summed E-state index contributed by atoms with van der Waals surface area (Å²) in [5.74, 6) is 1.53. The molecule has 2 aromatic heterocycles. The molecule has 1 fully saturated rings. The zero-order valence-corrected chi connectivity index (χ0v) is 17.9. The highest BCUT2D eigenvalue weighted by Gasteiger charge is 2.26. The second-order valence-corrected chi connectivity index (χ2v) is 8.11. The predicted molar refractivity (Wildman–Crippen MR) is 120 cm³/mol. The van der Waals surface area contributed by atoms with Gasteiger partial charge in [0, 0.05) is 54.9 Å². The van der Waals surface area contributed by atoms with Gasteiger partial charge in [-0.05, 0) is 38.2 Å². The summed E-state index contributed by atoms with van der Waals surface area (Å²) in [4.78, 5) is 24.3. The Morgan fingerprint density at radius 3 is 2.43 bits per heavy atom. The van der Waals surface area contributed by atoms with Crippen LogP contribution in [-0.4, -0.2) is 38.4 Å². The van der Waals surface area contributed by atoms with E-state index in [0.717, 1.165) is 54.9 Å². The fraction of sp³-hybridized carbons (Fsp3) is 0.400. The van der Waals surface area contributed by atoms with Crippen molar-refractivity contribution in [2.45, 2.75) is 46.1 Å². The van der Waals surface area contributed by atoms with E-state index in [4.69, 9.17) is 0 Å². The van der Waals surface area contributed by atoms with E-state index in [9.17, 15) is 4.79 Å². The first-order chi connectivity index (χ1) is 14.7. The van der Waals surface area contributed by atoms with Crippen molar-refractivity contribution < 1.29 is 4.79 Å². The van der Waals surface area contributed by atoms with E-state index in [1.165, 1.54) is 12.8 Å². The molecule has 0 bridgehead atoms. The van der Waals surface area contributed by atoms with Crippen molar-refractivity contribution in [1.29, 1.82) is 0 Å². The number of hydrogen-bond donors (Lipinski definition) is 0. The molecule has 0 saturated heterocycles. The van der Waals surface area contributed by atoms with Crippen LogP contribution in [0, 0.1) is 5.92 Å². The van der Waals surface area contributed by atoms with Crippen LogP contribution in [0.15, 0.2) is 55.0 Å². The van der Waals surface area contributed by atoms with Gasteiger partial charge in [-0.1, -0.05) is 43.7 Å². The van der Waals surface area contributed by atoms with E-state index < -0.39 is 0 Å². The van der Waals surface area contributed by atoms with Gasteiger partial charge in [0.25, 0.3) is 5.91 Å². The zero-order chi connectivity index (χ0) is 20.9. The van der Waals surface area contributed by atoms with E-state index in [-0.39, 0.29) is 5.91 Å². The predicted octanol–water partition coefficient (Wildman–Crippen LogP) is 5.28. The quantitative estimate of drug-likeness (QED) is 0.489. The molecule has 1 amide bonds. The summed E-state index contributed by atoms with van der Waals surface area (Å²) < 4.78 is 2.15. The van der Waals surface area contributed by atoms with Crippen LogP contribution < -0.4 is 0 Å². The summed E-state index contributed by atoms with van der Waals surface area (Å²) in [6, 6.07) is 12.0. The lowest BCUT2D eigenvalue weighted by Crippen LogP contribution is -2.33. The minimum absolute atomic E-state index is 0.125. The van der Waals surface area contributed by atoms with Crippen molar-refractivity contribution in [3.05, 3.63) is 60.7 Å². The molecule has 1 saturated carbocycles. The third kappa shape index (κ3) is 4.61. The van der Waals surface area contributed by atoms with Crippen molar-refractivity contribution >= 4 is 5.91 Å². The molecule has 1 aliphatic carbocycles. The Bertz CT molecular complexity index is 974. The van der Waals surface area contributed by atoms with Crippen LogP contribution >= 0.6 is 0 Å². The highest BCUT2D eigenvalue weighted by molar-refractivity contribution is 5.94. The van der Waals surface area contributed by atoms with Crippen molar-refractivity contribution in [3.8, 4) is 22.5 Å². The number of amides is 1. The maximum absolute atomic E-state index is 13.3. The molecule has 0 atom stereocenters. The first kappa shape index (κ1) is 20.3. The van der Waals surface area contributed by atoms with E-state index in [0.29, 0.717) is 11.7 Å². The SMILES string of the molecule is CCCCN(CC)C(=O)c1cc(-c2cnc(-c3ccccc3)nc2)cn1CC1CC1. The van der Waals surface area contributed by atoms with Gasteiger partial charge in [-0.25, -0.2) is 9.97 Å². The maximum atomic E-state index is 13.3. The molecule has 5 nitrogen and oxygen atoms in total. The normalized spacial score (nSPS) is 13.4. The number of hydrogen-bond acceptors (Lipinski definition) is 3. The third-order valence-electron chi connectivity index (χ3n) is 5.74. The van der Waals surface area contributed by atoms with E-state index >= 15 is 0 Å². The first-order valence-corrected chi connectivity index (χ1v) is 11.1. The molecule has 3 aromatic rings. The molecule has 0 unspecified atom stereocenters. The van der Waals surface area contributed by atoms with Crippen LogP contribution in [0.2, 0.25) is 0 Å². The maximum Gasteiger partial charge on any atom is 0.270 e. The molecule has 156 valence electrons. The van der Waals surface area contributed by atoms with Gasteiger partial charge in [0.15, 0.2) is 5.82 Å². The summed E-state index contributed by atoms with van der Waals surface area (Å²) in [6.45, 7) is 6.67. The molecule has 30 heavy (non-hydrogen) atoms. The van der Waals surface area contributed by atoms with Gasteiger partial charge < -0.3 is 9.47 Å². The van der Waals surface area contributed by atoms with Crippen molar-refractivity contribution in [3.63, 3.8) is 0 Å². The average molecular weight is 403 g/mol. The Morgan fingerprint density at radius 1 is 1.07 bits per heavy atom. The van der Waals surface area contributed by atoms with Crippen LogP contribution in [0.4, 0.5) is 0 Å². The Labute approximate surface area is 178 Å². The lowest BCUT2D eigenvalue weighted by Gasteiger charge is -2.21. The molecule has 0 aliphatic heterocycles. The lowest BCUT2D eigenvalue weighted by molar-refractivity contribution is 0.0751. The minimum Gasteiger partial charge on any atom is -0.343 e. The van der Waals surface area contributed by atoms with Crippen LogP contribution in [0.1, 0.15) is 50.0 Å². The smallest absolute Gasteiger partial charge is 0.270 e. The molecule has 0 radical (unpaired) electrons. The molecule has 4 rings (SSSR count). The second kappa shape index (κ2) is 9.24. The van der Waals surface area contributed by atoms with Crippen LogP contribution in [0.25, 0.3) is 22.5 Å². The molecule has 1 aromatic carbocycles. The number of aromatic nitrogens is 3. The van der Waals surface area contributed by atoms with Gasteiger partial charge >= 0.3 is 0 Å². The van der Waals surface area contributed by atoms with Gasteiger partial charge in [0.05, 0.1) is 0 Å². The summed E-state index contributed by atoms with van der Waals surface area (Å²) in [7, 11) is 0. The van der Waals surface area contributed by atoms with Gasteiger partial charge in [-0.15, -0.1) is 0 Å². The molecule has 5 heteroatoms.